The molecule has 12 heavy (non-hydrogen) atoms. The summed E-state index contributed by atoms with van der Waals surface area (Å²) >= 11 is 1.65. The van der Waals surface area contributed by atoms with Gasteiger partial charge in [0.25, 0.3) is 0 Å². The van der Waals surface area contributed by atoms with Gasteiger partial charge in [-0.2, -0.15) is 0 Å². The molecule has 0 aliphatic carbocycles. The molecule has 0 aromatic rings. The van der Waals surface area contributed by atoms with Crippen LogP contribution in [0.3, 0.4) is 0 Å². The Hall–Kier alpha value is -0.220. The molecule has 3 nitrogen and oxygen atoms in total. The third-order valence-electron chi connectivity index (χ3n) is 1.93. The minimum Gasteiger partial charge on any atom is -0.468 e. The summed E-state index contributed by atoms with van der Waals surface area (Å²) < 4.78 is 4.53. The Bertz CT molecular complexity index is 146. The maximum Gasteiger partial charge on any atom is 0.315 e. The minimum absolute atomic E-state index is 0.127. The largest absolute Gasteiger partial charge is 0.468 e. The van der Waals surface area contributed by atoms with E-state index in [1.807, 2.05) is 0 Å². The first-order valence-corrected chi connectivity index (χ1v) is 5.36. The van der Waals surface area contributed by atoms with Gasteiger partial charge in [0.2, 0.25) is 0 Å². The second-order valence-electron chi connectivity index (χ2n) is 2.88. The maximum absolute atomic E-state index is 10.7. The van der Waals surface area contributed by atoms with Crippen molar-refractivity contribution in [1.82, 2.24) is 5.32 Å². The van der Waals surface area contributed by atoms with Gasteiger partial charge in [-0.25, -0.2) is 0 Å². The number of hydrogen-bond donors (Lipinski definition) is 1. The van der Waals surface area contributed by atoms with Gasteiger partial charge in [-0.05, 0) is 19.4 Å². The molecule has 1 fully saturated rings. The molecule has 70 valence electrons. The molecule has 4 heteroatoms. The van der Waals surface area contributed by atoms with Crippen molar-refractivity contribution in [2.45, 2.75) is 18.9 Å². The molecular formula is C8H15NO2S. The molecule has 0 saturated carbocycles. The van der Waals surface area contributed by atoms with Crippen molar-refractivity contribution in [2.75, 3.05) is 25.2 Å². The number of thioether (sulfide) groups is 1. The molecule has 1 aliphatic rings. The van der Waals surface area contributed by atoms with Gasteiger partial charge in [0.15, 0.2) is 0 Å². The van der Waals surface area contributed by atoms with E-state index in [0.29, 0.717) is 11.8 Å². The van der Waals surface area contributed by atoms with Crippen molar-refractivity contribution in [1.29, 1.82) is 0 Å². The topological polar surface area (TPSA) is 38.3 Å². The average Bonchev–Trinajstić information content (AvgIpc) is 2.57. The van der Waals surface area contributed by atoms with Crippen LogP contribution >= 0.6 is 11.8 Å². The number of hydrogen-bond acceptors (Lipinski definition) is 4. The van der Waals surface area contributed by atoms with E-state index in [4.69, 9.17) is 0 Å². The van der Waals surface area contributed by atoms with E-state index in [9.17, 15) is 4.79 Å². The van der Waals surface area contributed by atoms with E-state index < -0.39 is 0 Å². The van der Waals surface area contributed by atoms with Crippen molar-refractivity contribution in [2.24, 2.45) is 0 Å². The first kappa shape index (κ1) is 9.86. The molecule has 1 saturated heterocycles. The van der Waals surface area contributed by atoms with Crippen molar-refractivity contribution >= 4 is 17.7 Å². The summed E-state index contributed by atoms with van der Waals surface area (Å²) in [5.74, 6) is 1.38. The van der Waals surface area contributed by atoms with Crippen molar-refractivity contribution in [3.8, 4) is 0 Å². The fourth-order valence-corrected chi connectivity index (χ4v) is 2.21. The van der Waals surface area contributed by atoms with Crippen molar-refractivity contribution < 1.29 is 9.53 Å². The third-order valence-corrected chi connectivity index (χ3v) is 3.01. The zero-order valence-electron chi connectivity index (χ0n) is 7.34. The van der Waals surface area contributed by atoms with Crippen LogP contribution in [-0.4, -0.2) is 37.2 Å². The Labute approximate surface area is 77.2 Å². The zero-order chi connectivity index (χ0) is 8.81. The second kappa shape index (κ2) is 5.43. The Kier molecular flexibility index (Phi) is 4.46. The van der Waals surface area contributed by atoms with Gasteiger partial charge < -0.3 is 10.1 Å². The molecule has 0 spiro atoms. The molecule has 0 amide bonds. The molecule has 0 aromatic carbocycles. The number of carbonyl (C=O) groups excluding carboxylic acids is 1. The average molecular weight is 189 g/mol. The van der Waals surface area contributed by atoms with E-state index in [2.05, 4.69) is 10.1 Å². The van der Waals surface area contributed by atoms with Crippen LogP contribution in [0.15, 0.2) is 0 Å². The Morgan fingerprint density at radius 2 is 2.58 bits per heavy atom. The van der Waals surface area contributed by atoms with E-state index in [-0.39, 0.29) is 5.97 Å². The van der Waals surface area contributed by atoms with Gasteiger partial charge in [-0.1, -0.05) is 0 Å². The molecular weight excluding hydrogens is 174 g/mol. The Morgan fingerprint density at radius 1 is 1.75 bits per heavy atom. The lowest BCUT2D eigenvalue weighted by molar-refractivity contribution is -0.137. The summed E-state index contributed by atoms with van der Waals surface area (Å²) in [6.45, 7) is 1.13. The highest BCUT2D eigenvalue weighted by atomic mass is 32.2. The maximum atomic E-state index is 10.7. The van der Waals surface area contributed by atoms with Gasteiger partial charge in [0, 0.05) is 11.8 Å². The Morgan fingerprint density at radius 3 is 3.17 bits per heavy atom. The number of carbonyl (C=O) groups is 1. The van der Waals surface area contributed by atoms with E-state index in [0.717, 1.165) is 12.3 Å². The van der Waals surface area contributed by atoms with Gasteiger partial charge in [0.1, 0.15) is 0 Å². The second-order valence-corrected chi connectivity index (χ2v) is 3.91. The monoisotopic (exact) mass is 189 g/mol. The predicted molar refractivity (Wildman–Crippen MR) is 50.4 cm³/mol. The molecule has 1 aliphatic heterocycles. The van der Waals surface area contributed by atoms with E-state index in [1.165, 1.54) is 20.0 Å². The van der Waals surface area contributed by atoms with Gasteiger partial charge in [-0.15, -0.1) is 11.8 Å². The fourth-order valence-electron chi connectivity index (χ4n) is 1.24. The fraction of sp³-hybridized carbons (Fsp3) is 0.875. The first-order chi connectivity index (χ1) is 5.83. The quantitative estimate of drug-likeness (QED) is 0.659. The van der Waals surface area contributed by atoms with Crippen LogP contribution in [0.1, 0.15) is 12.8 Å². The minimum atomic E-state index is -0.127. The molecule has 1 N–H and O–H groups in total. The highest BCUT2D eigenvalue weighted by Gasteiger charge is 2.14. The lowest BCUT2D eigenvalue weighted by Gasteiger charge is -2.07. The van der Waals surface area contributed by atoms with Gasteiger partial charge >= 0.3 is 5.97 Å². The first-order valence-electron chi connectivity index (χ1n) is 4.21. The van der Waals surface area contributed by atoms with Crippen LogP contribution < -0.4 is 5.32 Å². The highest BCUT2D eigenvalue weighted by Crippen LogP contribution is 2.11. The number of rotatable bonds is 4. The summed E-state index contributed by atoms with van der Waals surface area (Å²) in [6.07, 6.45) is 2.51. The SMILES string of the molecule is COC(=O)CSC[C@H]1CCCN1. The van der Waals surface area contributed by atoms with Crippen LogP contribution in [0, 0.1) is 0 Å². The number of methoxy groups -OCH3 is 1. The molecule has 1 rings (SSSR count). The lowest BCUT2D eigenvalue weighted by Crippen LogP contribution is -2.24. The van der Waals surface area contributed by atoms with Crippen LogP contribution in [0.4, 0.5) is 0 Å². The third kappa shape index (κ3) is 3.45. The van der Waals surface area contributed by atoms with Crippen LogP contribution in [0.5, 0.6) is 0 Å². The van der Waals surface area contributed by atoms with Crippen molar-refractivity contribution in [3.05, 3.63) is 0 Å². The zero-order valence-corrected chi connectivity index (χ0v) is 8.15. The number of ether oxygens (including phenoxy) is 1. The van der Waals surface area contributed by atoms with E-state index >= 15 is 0 Å². The molecule has 1 heterocycles. The summed E-state index contributed by atoms with van der Waals surface area (Å²) in [7, 11) is 1.43. The normalized spacial score (nSPS) is 22.6. The standard InChI is InChI=1S/C8H15NO2S/c1-11-8(10)6-12-5-7-3-2-4-9-7/h7,9H,2-6H2,1H3/t7-/m1/s1. The lowest BCUT2D eigenvalue weighted by atomic mass is 10.3. The van der Waals surface area contributed by atoms with Gasteiger partial charge in [-0.3, -0.25) is 4.79 Å². The number of esters is 1. The van der Waals surface area contributed by atoms with Gasteiger partial charge in [0.05, 0.1) is 12.9 Å². The Balaban J connectivity index is 1.97. The molecule has 0 radical (unpaired) electrons. The smallest absolute Gasteiger partial charge is 0.315 e. The molecule has 1 atom stereocenters. The summed E-state index contributed by atoms with van der Waals surface area (Å²) in [5, 5.41) is 3.38. The summed E-state index contributed by atoms with van der Waals surface area (Å²) in [5.41, 5.74) is 0. The van der Waals surface area contributed by atoms with Crippen LogP contribution in [0.25, 0.3) is 0 Å². The van der Waals surface area contributed by atoms with Crippen LogP contribution in [-0.2, 0) is 9.53 Å². The van der Waals surface area contributed by atoms with Crippen molar-refractivity contribution in [3.63, 3.8) is 0 Å². The molecule has 0 unspecified atom stereocenters. The number of nitrogens with one attached hydrogen (secondary N) is 1. The molecule has 0 bridgehead atoms. The highest BCUT2D eigenvalue weighted by molar-refractivity contribution is 7.99. The predicted octanol–water partition coefficient (Wildman–Crippen LogP) is 0.645. The molecule has 0 aromatic heterocycles. The summed E-state index contributed by atoms with van der Waals surface area (Å²) in [6, 6.07) is 0.611. The van der Waals surface area contributed by atoms with E-state index in [1.54, 1.807) is 11.8 Å². The van der Waals surface area contributed by atoms with Crippen LogP contribution in [0.2, 0.25) is 0 Å². The summed E-state index contributed by atoms with van der Waals surface area (Å²) in [4.78, 5) is 10.7.